The number of allylic oxidation sites excluding steroid dienone is 2. The summed E-state index contributed by atoms with van der Waals surface area (Å²) >= 11 is 11.9. The molecule has 10 heteroatoms. The van der Waals surface area contributed by atoms with Crippen LogP contribution in [0.15, 0.2) is 58.5 Å². The predicted molar refractivity (Wildman–Crippen MR) is 132 cm³/mol. The molecule has 0 aliphatic heterocycles. The molecule has 2 saturated carbocycles. The number of aliphatic carboxylic acids is 1. The second kappa shape index (κ2) is 9.24. The molecule has 0 heterocycles. The number of hydrogen-bond donors (Lipinski definition) is 3. The van der Waals surface area contributed by atoms with Gasteiger partial charge in [0.1, 0.15) is 0 Å². The number of carboxylic acid groups (broad SMARTS) is 1. The minimum atomic E-state index is -3.92. The lowest BCUT2D eigenvalue weighted by molar-refractivity contribution is -0.148. The Balaban J connectivity index is 1.51. The molecule has 4 atom stereocenters. The Morgan fingerprint density at radius 2 is 1.47 bits per heavy atom. The van der Waals surface area contributed by atoms with Crippen molar-refractivity contribution in [2.75, 3.05) is 10.0 Å². The molecule has 2 aromatic rings. The minimum absolute atomic E-state index is 0.0169. The van der Waals surface area contributed by atoms with Gasteiger partial charge in [-0.25, -0.2) is 8.42 Å². The van der Waals surface area contributed by atoms with Crippen LogP contribution >= 0.6 is 23.2 Å². The summed E-state index contributed by atoms with van der Waals surface area (Å²) < 4.78 is 27.9. The monoisotopic (exact) mass is 522 g/mol. The zero-order chi connectivity index (χ0) is 24.8. The van der Waals surface area contributed by atoms with Gasteiger partial charge >= 0.3 is 5.97 Å². The number of fused-ring (bicyclic) bond motifs is 2. The average Bonchev–Trinajstić information content (AvgIpc) is 3.29. The van der Waals surface area contributed by atoms with Crippen LogP contribution in [0.25, 0.3) is 0 Å². The van der Waals surface area contributed by atoms with Gasteiger partial charge in [0.25, 0.3) is 10.0 Å². The Labute approximate surface area is 208 Å². The Morgan fingerprint density at radius 3 is 2.00 bits per heavy atom. The third kappa shape index (κ3) is 4.67. The fourth-order valence-electron chi connectivity index (χ4n) is 5.37. The van der Waals surface area contributed by atoms with Gasteiger partial charge in [0.15, 0.2) is 0 Å². The first kappa shape index (κ1) is 24.6. The Kier molecular flexibility index (Phi) is 6.68. The van der Waals surface area contributed by atoms with E-state index in [1.807, 2.05) is 13.8 Å². The zero-order valence-corrected chi connectivity index (χ0v) is 20.8. The van der Waals surface area contributed by atoms with Gasteiger partial charge < -0.3 is 10.4 Å². The summed E-state index contributed by atoms with van der Waals surface area (Å²) in [7, 11) is -3.92. The second-order valence-electron chi connectivity index (χ2n) is 8.91. The summed E-state index contributed by atoms with van der Waals surface area (Å²) in [5.41, 5.74) is 2.79. The maximum Gasteiger partial charge on any atom is 0.307 e. The smallest absolute Gasteiger partial charge is 0.307 e. The van der Waals surface area contributed by atoms with Gasteiger partial charge in [-0.15, -0.1) is 0 Å². The molecule has 0 saturated heterocycles. The van der Waals surface area contributed by atoms with E-state index in [4.69, 9.17) is 23.2 Å². The summed E-state index contributed by atoms with van der Waals surface area (Å²) in [6, 6.07) is 10.0. The lowest BCUT2D eigenvalue weighted by atomic mass is 9.78. The number of benzene rings is 2. The molecule has 180 valence electrons. The van der Waals surface area contributed by atoms with Crippen LogP contribution < -0.4 is 10.0 Å². The molecule has 4 rings (SSSR count). The molecule has 34 heavy (non-hydrogen) atoms. The number of nitrogens with one attached hydrogen (secondary N) is 2. The van der Waals surface area contributed by atoms with Crippen LogP contribution in [0, 0.1) is 23.7 Å². The van der Waals surface area contributed by atoms with Gasteiger partial charge in [-0.1, -0.05) is 34.3 Å². The molecule has 2 aliphatic rings. The molecule has 0 aromatic heterocycles. The molecule has 2 aromatic carbocycles. The number of rotatable bonds is 6. The number of amides is 1. The third-order valence-corrected chi connectivity index (χ3v) is 8.39. The number of carbonyl (C=O) groups excluding carboxylic acids is 1. The summed E-state index contributed by atoms with van der Waals surface area (Å²) in [5.74, 6) is -2.91. The molecular weight excluding hydrogens is 499 g/mol. The highest BCUT2D eigenvalue weighted by Gasteiger charge is 2.57. The standard InChI is InChI=1S/C24H24Cl2N2O5S/c1-12(2)20-18-7-8-19(20)22(24(30)31)21(18)23(29)27-15-3-5-17(6-4-15)34(32,33)28-16-10-13(25)9-14(26)11-16/h3-6,9-11,18-19,21-22,28H,7-8H2,1-2H3,(H,27,29)(H,30,31)/t18-,19+,21-,22+/m1/s1. The Bertz CT molecular complexity index is 1270. The van der Waals surface area contributed by atoms with Crippen molar-refractivity contribution in [3.05, 3.63) is 63.7 Å². The van der Waals surface area contributed by atoms with E-state index in [-0.39, 0.29) is 28.3 Å². The molecule has 0 radical (unpaired) electrons. The van der Waals surface area contributed by atoms with Crippen LogP contribution in [0.5, 0.6) is 0 Å². The summed E-state index contributed by atoms with van der Waals surface area (Å²) in [4.78, 5) is 25.1. The normalized spacial score (nSPS) is 23.6. The molecule has 3 N–H and O–H groups in total. The van der Waals surface area contributed by atoms with E-state index in [1.165, 1.54) is 42.5 Å². The van der Waals surface area contributed by atoms with Crippen LogP contribution in [-0.2, 0) is 19.6 Å². The highest BCUT2D eigenvalue weighted by atomic mass is 35.5. The van der Waals surface area contributed by atoms with E-state index in [9.17, 15) is 23.1 Å². The number of anilines is 2. The van der Waals surface area contributed by atoms with E-state index in [1.54, 1.807) is 0 Å². The van der Waals surface area contributed by atoms with Crippen molar-refractivity contribution in [1.29, 1.82) is 0 Å². The third-order valence-electron chi connectivity index (χ3n) is 6.55. The SMILES string of the molecule is CC(C)=C1[C@H]2CC[C@@H]1[C@H](C(=O)O)[C@@H]2C(=O)Nc1ccc(S(=O)(=O)Nc2cc(Cl)cc(Cl)c2)cc1. The van der Waals surface area contributed by atoms with Crippen LogP contribution in [0.2, 0.25) is 10.0 Å². The van der Waals surface area contributed by atoms with Crippen molar-refractivity contribution in [3.63, 3.8) is 0 Å². The topological polar surface area (TPSA) is 113 Å². The fraction of sp³-hybridized carbons (Fsp3) is 0.333. The number of halogens is 2. The largest absolute Gasteiger partial charge is 0.481 e. The van der Waals surface area contributed by atoms with Crippen LogP contribution in [0.1, 0.15) is 26.7 Å². The number of carbonyl (C=O) groups is 2. The molecule has 0 spiro atoms. The molecule has 2 bridgehead atoms. The molecular formula is C24H24Cl2N2O5S. The van der Waals surface area contributed by atoms with Gasteiger partial charge in [0, 0.05) is 15.7 Å². The number of sulfonamides is 1. The Morgan fingerprint density at radius 1 is 0.912 bits per heavy atom. The average molecular weight is 523 g/mol. The lowest BCUT2D eigenvalue weighted by Gasteiger charge is -2.26. The van der Waals surface area contributed by atoms with Crippen LogP contribution in [0.3, 0.4) is 0 Å². The first-order valence-corrected chi connectivity index (χ1v) is 13.0. The quantitative estimate of drug-likeness (QED) is 0.438. The zero-order valence-electron chi connectivity index (χ0n) is 18.5. The summed E-state index contributed by atoms with van der Waals surface area (Å²) in [6.07, 6.45) is 1.58. The van der Waals surface area contributed by atoms with Crippen molar-refractivity contribution >= 4 is 56.5 Å². The van der Waals surface area contributed by atoms with Crippen molar-refractivity contribution in [1.82, 2.24) is 0 Å². The van der Waals surface area contributed by atoms with E-state index in [0.717, 1.165) is 24.0 Å². The molecule has 2 aliphatic carbocycles. The summed E-state index contributed by atoms with van der Waals surface area (Å²) in [5, 5.41) is 13.2. The Hall–Kier alpha value is -2.55. The highest BCUT2D eigenvalue weighted by molar-refractivity contribution is 7.92. The first-order chi connectivity index (χ1) is 16.0. The van der Waals surface area contributed by atoms with Gasteiger partial charge in [-0.2, -0.15) is 0 Å². The lowest BCUT2D eigenvalue weighted by Crippen LogP contribution is -2.37. The fourth-order valence-corrected chi connectivity index (χ4v) is 6.94. The van der Waals surface area contributed by atoms with Crippen molar-refractivity contribution < 1.29 is 23.1 Å². The van der Waals surface area contributed by atoms with Gasteiger partial charge in [-0.3, -0.25) is 14.3 Å². The summed E-state index contributed by atoms with van der Waals surface area (Å²) in [6.45, 7) is 3.93. The van der Waals surface area contributed by atoms with Gasteiger partial charge in [0.2, 0.25) is 5.91 Å². The first-order valence-electron chi connectivity index (χ1n) is 10.8. The molecule has 0 unspecified atom stereocenters. The van der Waals surface area contributed by atoms with E-state index in [0.29, 0.717) is 15.7 Å². The van der Waals surface area contributed by atoms with Crippen LogP contribution in [-0.4, -0.2) is 25.4 Å². The van der Waals surface area contributed by atoms with Crippen molar-refractivity contribution in [3.8, 4) is 0 Å². The van der Waals surface area contributed by atoms with Gasteiger partial charge in [-0.05, 0) is 81.0 Å². The molecule has 1 amide bonds. The second-order valence-corrected chi connectivity index (χ2v) is 11.5. The molecule has 2 fully saturated rings. The molecule has 7 nitrogen and oxygen atoms in total. The van der Waals surface area contributed by atoms with Gasteiger partial charge in [0.05, 0.1) is 22.4 Å². The highest BCUT2D eigenvalue weighted by Crippen LogP contribution is 2.57. The maximum absolute atomic E-state index is 13.1. The van der Waals surface area contributed by atoms with E-state index in [2.05, 4.69) is 10.0 Å². The predicted octanol–water partition coefficient (Wildman–Crippen LogP) is 5.43. The number of carboxylic acids is 1. The maximum atomic E-state index is 13.1. The van der Waals surface area contributed by atoms with Crippen molar-refractivity contribution in [2.24, 2.45) is 23.7 Å². The minimum Gasteiger partial charge on any atom is -0.481 e. The van der Waals surface area contributed by atoms with Crippen LogP contribution in [0.4, 0.5) is 11.4 Å². The van der Waals surface area contributed by atoms with E-state index < -0.39 is 27.8 Å². The van der Waals surface area contributed by atoms with Crippen molar-refractivity contribution in [2.45, 2.75) is 31.6 Å². The van der Waals surface area contributed by atoms with E-state index >= 15 is 0 Å². The number of hydrogen-bond acceptors (Lipinski definition) is 4.